The lowest BCUT2D eigenvalue weighted by atomic mass is 10.1. The average molecular weight is 309 g/mol. The summed E-state index contributed by atoms with van der Waals surface area (Å²) in [6, 6.07) is 19.2. The third-order valence-corrected chi connectivity index (χ3v) is 4.20. The number of nitrogens with one attached hydrogen (secondary N) is 1. The van der Waals surface area contributed by atoms with Crippen molar-refractivity contribution < 1.29 is 9.53 Å². The van der Waals surface area contributed by atoms with Gasteiger partial charge in [-0.2, -0.15) is 0 Å². The van der Waals surface area contributed by atoms with E-state index >= 15 is 0 Å². The molecule has 1 amide bonds. The van der Waals surface area contributed by atoms with Gasteiger partial charge >= 0.3 is 0 Å². The van der Waals surface area contributed by atoms with Crippen LogP contribution in [0.1, 0.15) is 9.67 Å². The Bertz CT molecular complexity index is 781. The molecule has 110 valence electrons. The molecule has 1 N–H and O–H groups in total. The largest absolute Gasteiger partial charge is 0.497 e. The van der Waals surface area contributed by atoms with E-state index in [9.17, 15) is 4.79 Å². The molecule has 0 saturated carbocycles. The van der Waals surface area contributed by atoms with Crippen molar-refractivity contribution in [1.29, 1.82) is 0 Å². The Morgan fingerprint density at radius 3 is 2.64 bits per heavy atom. The van der Waals surface area contributed by atoms with Crippen LogP contribution in [0, 0.1) is 0 Å². The number of hydrogen-bond acceptors (Lipinski definition) is 3. The zero-order valence-electron chi connectivity index (χ0n) is 12.1. The van der Waals surface area contributed by atoms with E-state index in [4.69, 9.17) is 4.74 Å². The van der Waals surface area contributed by atoms with Gasteiger partial charge in [0.05, 0.1) is 12.0 Å². The lowest BCUT2D eigenvalue weighted by Crippen LogP contribution is -2.11. The van der Waals surface area contributed by atoms with Crippen LogP contribution in [0.25, 0.3) is 11.1 Å². The van der Waals surface area contributed by atoms with Crippen molar-refractivity contribution >= 4 is 22.9 Å². The minimum Gasteiger partial charge on any atom is -0.497 e. The number of amides is 1. The highest BCUT2D eigenvalue weighted by Gasteiger charge is 2.14. The third-order valence-electron chi connectivity index (χ3n) is 3.28. The van der Waals surface area contributed by atoms with Crippen LogP contribution in [-0.4, -0.2) is 13.0 Å². The number of hydrogen-bond donors (Lipinski definition) is 1. The van der Waals surface area contributed by atoms with Crippen molar-refractivity contribution in [2.45, 2.75) is 0 Å². The normalized spacial score (nSPS) is 10.2. The first-order valence-electron chi connectivity index (χ1n) is 6.86. The van der Waals surface area contributed by atoms with Crippen molar-refractivity contribution in [3.8, 4) is 16.9 Å². The quantitative estimate of drug-likeness (QED) is 0.760. The van der Waals surface area contributed by atoms with E-state index in [0.29, 0.717) is 10.6 Å². The van der Waals surface area contributed by atoms with Crippen LogP contribution >= 0.6 is 11.3 Å². The summed E-state index contributed by atoms with van der Waals surface area (Å²) in [7, 11) is 1.60. The Morgan fingerprint density at radius 1 is 1.05 bits per heavy atom. The highest BCUT2D eigenvalue weighted by atomic mass is 32.1. The van der Waals surface area contributed by atoms with Gasteiger partial charge in [-0.3, -0.25) is 4.79 Å². The average Bonchev–Trinajstić information content (AvgIpc) is 3.05. The zero-order valence-corrected chi connectivity index (χ0v) is 12.9. The van der Waals surface area contributed by atoms with Crippen LogP contribution in [0.4, 0.5) is 5.69 Å². The van der Waals surface area contributed by atoms with E-state index in [1.54, 1.807) is 13.2 Å². The first-order chi connectivity index (χ1) is 10.8. The Hall–Kier alpha value is -2.59. The Labute approximate surface area is 133 Å². The van der Waals surface area contributed by atoms with Gasteiger partial charge in [0.25, 0.3) is 5.91 Å². The second-order valence-corrected chi connectivity index (χ2v) is 5.63. The standard InChI is InChI=1S/C18H15NO2S/c1-21-15-9-5-8-14(12-15)19-18(20)17-16(10-11-22-17)13-6-3-2-4-7-13/h2-12H,1H3,(H,19,20). The van der Waals surface area contributed by atoms with Gasteiger partial charge in [0.15, 0.2) is 0 Å². The molecule has 0 aliphatic carbocycles. The molecule has 1 heterocycles. The van der Waals surface area contributed by atoms with Crippen molar-refractivity contribution in [2.24, 2.45) is 0 Å². The lowest BCUT2D eigenvalue weighted by Gasteiger charge is -2.08. The first kappa shape index (κ1) is 14.4. The molecule has 3 aromatic rings. The van der Waals surface area contributed by atoms with Crippen LogP contribution < -0.4 is 10.1 Å². The molecule has 0 saturated heterocycles. The summed E-state index contributed by atoms with van der Waals surface area (Å²) in [6.07, 6.45) is 0. The van der Waals surface area contributed by atoms with Crippen LogP contribution in [0.2, 0.25) is 0 Å². The number of ether oxygens (including phenoxy) is 1. The van der Waals surface area contributed by atoms with Crippen LogP contribution in [0.15, 0.2) is 66.0 Å². The molecule has 0 spiro atoms. The van der Waals surface area contributed by atoms with Gasteiger partial charge in [-0.15, -0.1) is 11.3 Å². The van der Waals surface area contributed by atoms with Crippen LogP contribution in [0.5, 0.6) is 5.75 Å². The van der Waals surface area contributed by atoms with E-state index in [1.807, 2.05) is 60.0 Å². The smallest absolute Gasteiger partial charge is 0.266 e. The van der Waals surface area contributed by atoms with Crippen LogP contribution in [0.3, 0.4) is 0 Å². The second-order valence-electron chi connectivity index (χ2n) is 4.72. The summed E-state index contributed by atoms with van der Waals surface area (Å²) in [6.45, 7) is 0. The van der Waals surface area contributed by atoms with Gasteiger partial charge < -0.3 is 10.1 Å². The fraction of sp³-hybridized carbons (Fsp3) is 0.0556. The molecule has 0 bridgehead atoms. The van der Waals surface area contributed by atoms with Crippen molar-refractivity contribution in [3.05, 3.63) is 70.9 Å². The SMILES string of the molecule is COc1cccc(NC(=O)c2sccc2-c2ccccc2)c1. The maximum Gasteiger partial charge on any atom is 0.266 e. The van der Waals surface area contributed by atoms with Crippen molar-refractivity contribution in [1.82, 2.24) is 0 Å². The highest BCUT2D eigenvalue weighted by Crippen LogP contribution is 2.29. The maximum atomic E-state index is 12.5. The monoisotopic (exact) mass is 309 g/mol. The highest BCUT2D eigenvalue weighted by molar-refractivity contribution is 7.12. The summed E-state index contributed by atoms with van der Waals surface area (Å²) < 4.78 is 5.17. The van der Waals surface area contributed by atoms with E-state index in [1.165, 1.54) is 11.3 Å². The topological polar surface area (TPSA) is 38.3 Å². The molecule has 4 heteroatoms. The molecule has 3 nitrogen and oxygen atoms in total. The van der Waals surface area contributed by atoms with Crippen molar-refractivity contribution in [2.75, 3.05) is 12.4 Å². The molecule has 0 radical (unpaired) electrons. The Balaban J connectivity index is 1.86. The Kier molecular flexibility index (Phi) is 4.21. The number of benzene rings is 2. The summed E-state index contributed by atoms with van der Waals surface area (Å²) in [5, 5.41) is 4.85. The fourth-order valence-electron chi connectivity index (χ4n) is 2.22. The predicted octanol–water partition coefficient (Wildman–Crippen LogP) is 4.68. The summed E-state index contributed by atoms with van der Waals surface area (Å²) in [5.74, 6) is 0.606. The van der Waals surface area contributed by atoms with Gasteiger partial charge in [0.2, 0.25) is 0 Å². The van der Waals surface area contributed by atoms with Gasteiger partial charge in [-0.25, -0.2) is 0 Å². The summed E-state index contributed by atoms with van der Waals surface area (Å²) in [5.41, 5.74) is 2.71. The molecule has 0 aliphatic heterocycles. The third kappa shape index (κ3) is 3.02. The van der Waals surface area contributed by atoms with Gasteiger partial charge in [-0.05, 0) is 29.1 Å². The van der Waals surface area contributed by atoms with Crippen LogP contribution in [-0.2, 0) is 0 Å². The van der Waals surface area contributed by atoms with Gasteiger partial charge in [0, 0.05) is 17.3 Å². The molecule has 3 rings (SSSR count). The second kappa shape index (κ2) is 6.45. The number of carbonyl (C=O) groups excluding carboxylic acids is 1. The molecule has 0 atom stereocenters. The molecular weight excluding hydrogens is 294 g/mol. The maximum absolute atomic E-state index is 12.5. The van der Waals surface area contributed by atoms with Crippen molar-refractivity contribution in [3.63, 3.8) is 0 Å². The number of anilines is 1. The number of methoxy groups -OCH3 is 1. The number of thiophene rings is 1. The molecule has 0 fully saturated rings. The molecule has 0 unspecified atom stereocenters. The van der Waals surface area contributed by atoms with Gasteiger partial charge in [-0.1, -0.05) is 36.4 Å². The lowest BCUT2D eigenvalue weighted by molar-refractivity contribution is 0.103. The Morgan fingerprint density at radius 2 is 1.86 bits per heavy atom. The molecule has 1 aromatic heterocycles. The summed E-state index contributed by atoms with van der Waals surface area (Å²) >= 11 is 1.44. The molecule has 22 heavy (non-hydrogen) atoms. The molecular formula is C18H15NO2S. The fourth-order valence-corrected chi connectivity index (χ4v) is 3.03. The van der Waals surface area contributed by atoms with E-state index in [-0.39, 0.29) is 5.91 Å². The number of rotatable bonds is 4. The van der Waals surface area contributed by atoms with E-state index in [0.717, 1.165) is 16.8 Å². The first-order valence-corrected chi connectivity index (χ1v) is 7.74. The summed E-state index contributed by atoms with van der Waals surface area (Å²) in [4.78, 5) is 13.2. The van der Waals surface area contributed by atoms with E-state index in [2.05, 4.69) is 5.32 Å². The molecule has 2 aromatic carbocycles. The van der Waals surface area contributed by atoms with Gasteiger partial charge in [0.1, 0.15) is 5.75 Å². The minimum atomic E-state index is -0.109. The molecule has 0 aliphatic rings. The number of carbonyl (C=O) groups is 1. The minimum absolute atomic E-state index is 0.109. The zero-order chi connectivity index (χ0) is 15.4. The predicted molar refractivity (Wildman–Crippen MR) is 90.7 cm³/mol. The van der Waals surface area contributed by atoms with E-state index < -0.39 is 0 Å².